The number of rotatable bonds is 12. The predicted octanol–water partition coefficient (Wildman–Crippen LogP) is 2.44. The smallest absolute Gasteiger partial charge is 0.409 e. The quantitative estimate of drug-likeness (QED) is 0.380. The van der Waals surface area contributed by atoms with Gasteiger partial charge in [0.1, 0.15) is 0 Å². The van der Waals surface area contributed by atoms with Crippen LogP contribution in [0.25, 0.3) is 0 Å². The Morgan fingerprint density at radius 3 is 2.11 bits per heavy atom. The van der Waals surface area contributed by atoms with Crippen molar-refractivity contribution in [3.63, 3.8) is 0 Å². The highest BCUT2D eigenvalue weighted by Crippen LogP contribution is 2.48. The SMILES string of the molecule is CCCCOC(=O)N1CCN(C(=O)[C@H](N)CCCP(=O)(OCC)OCC)CC1. The van der Waals surface area contributed by atoms with Gasteiger partial charge in [-0.3, -0.25) is 9.36 Å². The van der Waals surface area contributed by atoms with Crippen LogP contribution in [0.5, 0.6) is 0 Å². The second-order valence-corrected chi connectivity index (χ2v) is 8.88. The lowest BCUT2D eigenvalue weighted by Crippen LogP contribution is -2.54. The van der Waals surface area contributed by atoms with E-state index in [1.54, 1.807) is 23.6 Å². The van der Waals surface area contributed by atoms with E-state index < -0.39 is 13.6 Å². The first-order valence-electron chi connectivity index (χ1n) is 10.2. The van der Waals surface area contributed by atoms with Crippen LogP contribution in [0.15, 0.2) is 0 Å². The Morgan fingerprint density at radius 1 is 1.00 bits per heavy atom. The first-order chi connectivity index (χ1) is 13.4. The summed E-state index contributed by atoms with van der Waals surface area (Å²) in [6.45, 7) is 8.36. The molecule has 0 bridgehead atoms. The summed E-state index contributed by atoms with van der Waals surface area (Å²) in [6.07, 6.45) is 2.62. The van der Waals surface area contributed by atoms with Gasteiger partial charge in [-0.05, 0) is 33.1 Å². The zero-order chi connectivity index (χ0) is 21.0. The molecule has 2 N–H and O–H groups in total. The monoisotopic (exact) mass is 421 g/mol. The van der Waals surface area contributed by atoms with Crippen molar-refractivity contribution >= 4 is 19.6 Å². The van der Waals surface area contributed by atoms with Crippen molar-refractivity contribution in [2.45, 2.75) is 52.5 Å². The van der Waals surface area contributed by atoms with E-state index in [2.05, 4.69) is 0 Å². The third-order valence-electron chi connectivity index (χ3n) is 4.49. The average Bonchev–Trinajstić information content (AvgIpc) is 2.68. The Balaban J connectivity index is 2.36. The first-order valence-corrected chi connectivity index (χ1v) is 11.9. The van der Waals surface area contributed by atoms with Gasteiger partial charge in [0, 0.05) is 26.2 Å². The summed E-state index contributed by atoms with van der Waals surface area (Å²) < 4.78 is 28.1. The second kappa shape index (κ2) is 13.1. The Hall–Kier alpha value is -1.15. The molecule has 1 atom stereocenters. The molecule has 1 rings (SSSR count). The summed E-state index contributed by atoms with van der Waals surface area (Å²) in [5.74, 6) is -0.151. The molecule has 1 saturated heterocycles. The molecule has 9 nitrogen and oxygen atoms in total. The molecular formula is C18H36N3O6P. The van der Waals surface area contributed by atoms with Crippen LogP contribution >= 0.6 is 7.60 Å². The van der Waals surface area contributed by atoms with Gasteiger partial charge in [0.25, 0.3) is 0 Å². The second-order valence-electron chi connectivity index (χ2n) is 6.70. The zero-order valence-electron chi connectivity index (χ0n) is 17.4. The molecule has 164 valence electrons. The molecule has 0 radical (unpaired) electrons. The Bertz CT molecular complexity index is 515. The van der Waals surface area contributed by atoms with Crippen molar-refractivity contribution in [2.24, 2.45) is 5.73 Å². The topological polar surface area (TPSA) is 111 Å². The van der Waals surface area contributed by atoms with Gasteiger partial charge in [-0.1, -0.05) is 13.3 Å². The highest BCUT2D eigenvalue weighted by Gasteiger charge is 2.29. The van der Waals surface area contributed by atoms with Crippen LogP contribution in [0.4, 0.5) is 4.79 Å². The standard InChI is InChI=1S/C18H36N3O6P/c1-4-7-14-25-18(23)21-12-10-20(11-13-21)17(22)16(19)9-8-15-28(24,26-5-2)27-6-3/h16H,4-15,19H2,1-3H3/t16-/m1/s1. The summed E-state index contributed by atoms with van der Waals surface area (Å²) in [5.41, 5.74) is 6.03. The molecule has 1 aliphatic heterocycles. The summed E-state index contributed by atoms with van der Waals surface area (Å²) in [5, 5.41) is 0. The van der Waals surface area contributed by atoms with E-state index in [0.717, 1.165) is 12.8 Å². The summed E-state index contributed by atoms with van der Waals surface area (Å²) in [6, 6.07) is -0.667. The van der Waals surface area contributed by atoms with E-state index in [-0.39, 0.29) is 18.2 Å². The van der Waals surface area contributed by atoms with Crippen molar-refractivity contribution in [1.29, 1.82) is 0 Å². The predicted molar refractivity (Wildman–Crippen MR) is 107 cm³/mol. The minimum absolute atomic E-state index is 0.151. The van der Waals surface area contributed by atoms with Gasteiger partial charge in [0.2, 0.25) is 5.91 Å². The minimum atomic E-state index is -3.11. The third kappa shape index (κ3) is 8.47. The molecule has 1 heterocycles. The van der Waals surface area contributed by atoms with Crippen molar-refractivity contribution < 1.29 is 27.9 Å². The van der Waals surface area contributed by atoms with E-state index >= 15 is 0 Å². The fraction of sp³-hybridized carbons (Fsp3) is 0.889. The average molecular weight is 421 g/mol. The van der Waals surface area contributed by atoms with E-state index in [9.17, 15) is 14.2 Å². The number of hydrogen-bond acceptors (Lipinski definition) is 7. The summed E-state index contributed by atoms with van der Waals surface area (Å²) in [4.78, 5) is 27.8. The summed E-state index contributed by atoms with van der Waals surface area (Å²) in [7, 11) is -3.11. The third-order valence-corrected chi connectivity index (χ3v) is 6.66. The van der Waals surface area contributed by atoms with E-state index in [0.29, 0.717) is 58.8 Å². The molecule has 1 fully saturated rings. The number of piperazine rings is 1. The lowest BCUT2D eigenvalue weighted by molar-refractivity contribution is -0.134. The highest BCUT2D eigenvalue weighted by atomic mass is 31.2. The van der Waals surface area contributed by atoms with E-state index in [4.69, 9.17) is 19.5 Å². The van der Waals surface area contributed by atoms with Crippen LogP contribution in [0.2, 0.25) is 0 Å². The summed E-state index contributed by atoms with van der Waals surface area (Å²) >= 11 is 0. The number of carbonyl (C=O) groups excluding carboxylic acids is 2. The van der Waals surface area contributed by atoms with Crippen molar-refractivity contribution in [1.82, 2.24) is 9.80 Å². The fourth-order valence-electron chi connectivity index (χ4n) is 2.93. The van der Waals surface area contributed by atoms with Crippen LogP contribution in [-0.2, 0) is 23.1 Å². The maximum absolute atomic E-state index is 12.5. The number of ether oxygens (including phenoxy) is 1. The zero-order valence-corrected chi connectivity index (χ0v) is 18.3. The van der Waals surface area contributed by atoms with Gasteiger partial charge in [-0.25, -0.2) is 4.79 Å². The van der Waals surface area contributed by atoms with E-state index in [1.807, 2.05) is 6.92 Å². The number of nitrogens with two attached hydrogens (primary N) is 1. The molecule has 0 unspecified atom stereocenters. The molecule has 28 heavy (non-hydrogen) atoms. The highest BCUT2D eigenvalue weighted by molar-refractivity contribution is 7.53. The van der Waals surface area contributed by atoms with E-state index in [1.165, 1.54) is 0 Å². The largest absolute Gasteiger partial charge is 0.449 e. The fourth-order valence-corrected chi connectivity index (χ4v) is 4.62. The molecule has 0 aromatic carbocycles. The lowest BCUT2D eigenvalue weighted by Gasteiger charge is -2.35. The van der Waals surface area contributed by atoms with Crippen LogP contribution in [-0.4, -0.2) is 80.0 Å². The molecule has 0 spiro atoms. The minimum Gasteiger partial charge on any atom is -0.449 e. The number of amides is 2. The Morgan fingerprint density at radius 2 is 1.57 bits per heavy atom. The van der Waals surface area contributed by atoms with Crippen LogP contribution in [0.3, 0.4) is 0 Å². The number of carbonyl (C=O) groups is 2. The normalized spacial score (nSPS) is 16.1. The van der Waals surface area contributed by atoms with Crippen LogP contribution in [0.1, 0.15) is 46.5 Å². The van der Waals surface area contributed by atoms with Gasteiger partial charge in [0.15, 0.2) is 0 Å². The lowest BCUT2D eigenvalue weighted by atomic mass is 10.1. The van der Waals surface area contributed by atoms with Crippen molar-refractivity contribution in [2.75, 3.05) is 52.2 Å². The maximum atomic E-state index is 12.5. The first kappa shape index (κ1) is 24.9. The molecule has 1 aliphatic rings. The number of nitrogens with zero attached hydrogens (tertiary/aromatic N) is 2. The maximum Gasteiger partial charge on any atom is 0.409 e. The van der Waals surface area contributed by atoms with Crippen molar-refractivity contribution in [3.05, 3.63) is 0 Å². The molecule has 10 heteroatoms. The molecule has 0 aromatic rings. The van der Waals surface area contributed by atoms with Crippen LogP contribution < -0.4 is 5.73 Å². The number of unbranched alkanes of at least 4 members (excludes halogenated alkanes) is 1. The molecule has 0 saturated carbocycles. The number of hydrogen-bond donors (Lipinski definition) is 1. The molecule has 0 aliphatic carbocycles. The Kier molecular flexibility index (Phi) is 11.7. The van der Waals surface area contributed by atoms with Crippen LogP contribution in [0, 0.1) is 0 Å². The Labute approximate surface area is 168 Å². The van der Waals surface area contributed by atoms with Gasteiger partial charge >= 0.3 is 13.7 Å². The molecular weight excluding hydrogens is 385 g/mol. The van der Waals surface area contributed by atoms with Gasteiger partial charge in [0.05, 0.1) is 32.0 Å². The van der Waals surface area contributed by atoms with Gasteiger partial charge < -0.3 is 29.3 Å². The molecule has 2 amide bonds. The van der Waals surface area contributed by atoms with Gasteiger partial charge in [-0.2, -0.15) is 0 Å². The molecule has 0 aromatic heterocycles. The van der Waals surface area contributed by atoms with Crippen molar-refractivity contribution in [3.8, 4) is 0 Å². The van der Waals surface area contributed by atoms with Gasteiger partial charge in [-0.15, -0.1) is 0 Å².